The zero-order valence-corrected chi connectivity index (χ0v) is 9.44. The molecule has 2 N–H and O–H groups in total. The number of benzene rings is 1. The summed E-state index contributed by atoms with van der Waals surface area (Å²) in [4.78, 5) is 0. The molecule has 0 saturated carbocycles. The fourth-order valence-corrected chi connectivity index (χ4v) is 2.07. The van der Waals surface area contributed by atoms with E-state index in [1.807, 2.05) is 7.05 Å². The number of nitrogens with one attached hydrogen (secondary N) is 1. The number of hydrogen-bond donors (Lipinski definition) is 2. The molecule has 1 atom stereocenters. The van der Waals surface area contributed by atoms with Crippen LogP contribution in [0.5, 0.6) is 0 Å². The summed E-state index contributed by atoms with van der Waals surface area (Å²) in [5.41, 5.74) is 0.854. The molecule has 14 heavy (non-hydrogen) atoms. The molecular formula is C10H13Cl2NO. The monoisotopic (exact) mass is 233 g/mol. The molecule has 0 bridgehead atoms. The van der Waals surface area contributed by atoms with Gasteiger partial charge in [-0.05, 0) is 25.6 Å². The van der Waals surface area contributed by atoms with Gasteiger partial charge in [0, 0.05) is 28.3 Å². The summed E-state index contributed by atoms with van der Waals surface area (Å²) < 4.78 is 0. The average molecular weight is 234 g/mol. The highest BCUT2D eigenvalue weighted by atomic mass is 35.5. The minimum atomic E-state index is 0.00111. The first-order valence-electron chi connectivity index (χ1n) is 4.42. The van der Waals surface area contributed by atoms with Crippen LogP contribution in [0, 0.1) is 0 Å². The Balaban J connectivity index is 3.02. The second kappa shape index (κ2) is 5.56. The predicted octanol–water partition coefficient (Wildman–Crippen LogP) is 2.64. The Kier molecular flexibility index (Phi) is 4.69. The summed E-state index contributed by atoms with van der Waals surface area (Å²) >= 11 is 12.1. The lowest BCUT2D eigenvalue weighted by Gasteiger charge is -2.18. The maximum absolute atomic E-state index is 8.88. The molecule has 0 aromatic heterocycles. The first kappa shape index (κ1) is 11.8. The van der Waals surface area contributed by atoms with E-state index in [1.165, 1.54) is 0 Å². The lowest BCUT2D eigenvalue weighted by molar-refractivity contribution is 0.269. The van der Waals surface area contributed by atoms with Crippen molar-refractivity contribution in [1.29, 1.82) is 0 Å². The van der Waals surface area contributed by atoms with Crippen molar-refractivity contribution in [3.05, 3.63) is 33.8 Å². The summed E-state index contributed by atoms with van der Waals surface area (Å²) in [7, 11) is 1.82. The van der Waals surface area contributed by atoms with E-state index in [-0.39, 0.29) is 12.6 Å². The molecule has 0 amide bonds. The van der Waals surface area contributed by atoms with E-state index in [0.717, 1.165) is 5.56 Å². The highest BCUT2D eigenvalue weighted by molar-refractivity contribution is 6.36. The predicted molar refractivity (Wildman–Crippen MR) is 60.0 cm³/mol. The second-order valence-electron chi connectivity index (χ2n) is 2.99. The maximum atomic E-state index is 8.88. The minimum absolute atomic E-state index is 0.00111. The molecule has 4 heteroatoms. The molecule has 1 unspecified atom stereocenters. The van der Waals surface area contributed by atoms with Crippen molar-refractivity contribution < 1.29 is 5.11 Å². The van der Waals surface area contributed by atoms with Crippen molar-refractivity contribution >= 4 is 23.2 Å². The number of aliphatic hydroxyl groups excluding tert-OH is 1. The summed E-state index contributed by atoms with van der Waals surface area (Å²) in [6, 6.07) is 5.40. The van der Waals surface area contributed by atoms with Gasteiger partial charge in [-0.3, -0.25) is 0 Å². The van der Waals surface area contributed by atoms with Gasteiger partial charge in [0.1, 0.15) is 0 Å². The largest absolute Gasteiger partial charge is 0.396 e. The summed E-state index contributed by atoms with van der Waals surface area (Å²) in [6.07, 6.45) is 0.597. The van der Waals surface area contributed by atoms with Gasteiger partial charge in [-0.2, -0.15) is 0 Å². The molecule has 0 aliphatic carbocycles. The molecule has 0 aliphatic heterocycles. The van der Waals surface area contributed by atoms with Crippen LogP contribution < -0.4 is 5.32 Å². The lowest BCUT2D eigenvalue weighted by atomic mass is 10.0. The van der Waals surface area contributed by atoms with E-state index in [1.54, 1.807) is 18.2 Å². The Morgan fingerprint density at radius 3 is 2.36 bits per heavy atom. The Morgan fingerprint density at radius 2 is 1.93 bits per heavy atom. The van der Waals surface area contributed by atoms with Gasteiger partial charge >= 0.3 is 0 Å². The highest BCUT2D eigenvalue weighted by Gasteiger charge is 2.15. The molecule has 0 radical (unpaired) electrons. The van der Waals surface area contributed by atoms with Crippen LogP contribution in [0.1, 0.15) is 18.0 Å². The van der Waals surface area contributed by atoms with Crippen molar-refractivity contribution in [2.75, 3.05) is 13.7 Å². The molecule has 2 nitrogen and oxygen atoms in total. The molecule has 1 rings (SSSR count). The van der Waals surface area contributed by atoms with E-state index in [4.69, 9.17) is 28.3 Å². The third kappa shape index (κ3) is 2.61. The molecule has 0 spiro atoms. The molecular weight excluding hydrogens is 221 g/mol. The molecule has 78 valence electrons. The minimum Gasteiger partial charge on any atom is -0.396 e. The molecule has 1 aromatic rings. The van der Waals surface area contributed by atoms with Crippen LogP contribution in [0.15, 0.2) is 18.2 Å². The van der Waals surface area contributed by atoms with Crippen LogP contribution in [0.2, 0.25) is 10.0 Å². The van der Waals surface area contributed by atoms with E-state index < -0.39 is 0 Å². The van der Waals surface area contributed by atoms with Crippen LogP contribution >= 0.6 is 23.2 Å². The normalized spacial score (nSPS) is 12.9. The van der Waals surface area contributed by atoms with Gasteiger partial charge in [-0.25, -0.2) is 0 Å². The van der Waals surface area contributed by atoms with Gasteiger partial charge < -0.3 is 10.4 Å². The number of halogens is 2. The number of hydrogen-bond acceptors (Lipinski definition) is 2. The number of aliphatic hydroxyl groups is 1. The van der Waals surface area contributed by atoms with E-state index in [0.29, 0.717) is 16.5 Å². The van der Waals surface area contributed by atoms with Gasteiger partial charge in [0.05, 0.1) is 0 Å². The first-order chi connectivity index (χ1) is 6.70. The third-order valence-corrected chi connectivity index (χ3v) is 2.77. The Bertz CT molecular complexity index is 284. The van der Waals surface area contributed by atoms with Crippen LogP contribution in [0.25, 0.3) is 0 Å². The van der Waals surface area contributed by atoms with Crippen molar-refractivity contribution in [3.8, 4) is 0 Å². The van der Waals surface area contributed by atoms with Crippen molar-refractivity contribution in [2.45, 2.75) is 12.5 Å². The molecule has 0 heterocycles. The van der Waals surface area contributed by atoms with E-state index in [2.05, 4.69) is 5.32 Å². The summed E-state index contributed by atoms with van der Waals surface area (Å²) in [6.45, 7) is 0.104. The standard InChI is InChI=1S/C10H13Cl2NO/c1-13-9(5-6-14)10-7(11)3-2-4-8(10)12/h2-4,9,13-14H,5-6H2,1H3. The molecule has 0 aliphatic rings. The van der Waals surface area contributed by atoms with Crippen molar-refractivity contribution in [1.82, 2.24) is 5.32 Å². The highest BCUT2D eigenvalue weighted by Crippen LogP contribution is 2.31. The second-order valence-corrected chi connectivity index (χ2v) is 3.80. The Morgan fingerprint density at radius 1 is 1.36 bits per heavy atom. The van der Waals surface area contributed by atoms with Gasteiger partial charge in [0.2, 0.25) is 0 Å². The number of rotatable bonds is 4. The molecule has 0 saturated heterocycles. The SMILES string of the molecule is CNC(CCO)c1c(Cl)cccc1Cl. The lowest BCUT2D eigenvalue weighted by Crippen LogP contribution is -2.18. The summed E-state index contributed by atoms with van der Waals surface area (Å²) in [5.74, 6) is 0. The van der Waals surface area contributed by atoms with Crippen LogP contribution in [0.4, 0.5) is 0 Å². The zero-order valence-electron chi connectivity index (χ0n) is 7.93. The van der Waals surface area contributed by atoms with Crippen molar-refractivity contribution in [3.63, 3.8) is 0 Å². The van der Waals surface area contributed by atoms with Crippen LogP contribution in [-0.4, -0.2) is 18.8 Å². The van der Waals surface area contributed by atoms with Gasteiger partial charge in [-0.1, -0.05) is 29.3 Å². The zero-order chi connectivity index (χ0) is 10.6. The fourth-order valence-electron chi connectivity index (χ4n) is 1.41. The first-order valence-corrected chi connectivity index (χ1v) is 5.18. The van der Waals surface area contributed by atoms with Gasteiger partial charge in [-0.15, -0.1) is 0 Å². The quantitative estimate of drug-likeness (QED) is 0.839. The topological polar surface area (TPSA) is 32.3 Å². The van der Waals surface area contributed by atoms with E-state index >= 15 is 0 Å². The smallest absolute Gasteiger partial charge is 0.0468 e. The maximum Gasteiger partial charge on any atom is 0.0468 e. The van der Waals surface area contributed by atoms with Crippen LogP contribution in [0.3, 0.4) is 0 Å². The van der Waals surface area contributed by atoms with Gasteiger partial charge in [0.25, 0.3) is 0 Å². The van der Waals surface area contributed by atoms with Gasteiger partial charge in [0.15, 0.2) is 0 Å². The van der Waals surface area contributed by atoms with E-state index in [9.17, 15) is 0 Å². The average Bonchev–Trinajstić information content (AvgIpc) is 2.16. The Labute approximate surface area is 93.8 Å². The van der Waals surface area contributed by atoms with Crippen molar-refractivity contribution in [2.24, 2.45) is 0 Å². The Hall–Kier alpha value is -0.280. The molecule has 0 fully saturated rings. The fraction of sp³-hybridized carbons (Fsp3) is 0.400. The third-order valence-electron chi connectivity index (χ3n) is 2.11. The summed E-state index contributed by atoms with van der Waals surface area (Å²) in [5, 5.41) is 13.2. The van der Waals surface area contributed by atoms with Crippen LogP contribution in [-0.2, 0) is 0 Å². The molecule has 1 aromatic carbocycles.